The monoisotopic (exact) mass is 347 g/mol. The van der Waals surface area contributed by atoms with Crippen LogP contribution in [0.4, 0.5) is 4.39 Å². The van der Waals surface area contributed by atoms with Crippen molar-refractivity contribution in [1.82, 2.24) is 15.1 Å². The van der Waals surface area contributed by atoms with E-state index in [0.29, 0.717) is 17.2 Å². The van der Waals surface area contributed by atoms with Crippen LogP contribution in [-0.2, 0) is 24.7 Å². The summed E-state index contributed by atoms with van der Waals surface area (Å²) in [6.07, 6.45) is 0.803. The molecule has 0 saturated carbocycles. The minimum Gasteiger partial charge on any atom is -0.480 e. The van der Waals surface area contributed by atoms with Crippen molar-refractivity contribution in [3.8, 4) is 0 Å². The molecule has 0 bridgehead atoms. The summed E-state index contributed by atoms with van der Waals surface area (Å²) in [5.74, 6) is -1.65. The molecule has 1 heterocycles. The number of carbonyl (C=O) groups is 2. The molecule has 6 nitrogen and oxygen atoms in total. The van der Waals surface area contributed by atoms with Gasteiger partial charge in [-0.15, -0.1) is 0 Å². The van der Waals surface area contributed by atoms with E-state index >= 15 is 0 Å². The molecule has 1 aromatic heterocycles. The van der Waals surface area contributed by atoms with Gasteiger partial charge in [-0.05, 0) is 36.1 Å². The number of nitrogens with zero attached hydrogens (tertiary/aromatic N) is 2. The molecule has 0 unspecified atom stereocenters. The van der Waals surface area contributed by atoms with Crippen LogP contribution in [-0.4, -0.2) is 32.8 Å². The van der Waals surface area contributed by atoms with Gasteiger partial charge in [0, 0.05) is 13.5 Å². The van der Waals surface area contributed by atoms with Crippen LogP contribution in [0.3, 0.4) is 0 Å². The molecule has 2 rings (SSSR count). The van der Waals surface area contributed by atoms with Crippen LogP contribution in [0.1, 0.15) is 35.6 Å². The summed E-state index contributed by atoms with van der Waals surface area (Å²) in [6, 6.07) is 6.09. The van der Waals surface area contributed by atoms with Crippen molar-refractivity contribution in [2.75, 3.05) is 0 Å². The average molecular weight is 347 g/mol. The number of carbonyl (C=O) groups excluding carboxylic acids is 1. The molecule has 2 aromatic rings. The number of aryl methyl sites for hydroxylation is 1. The van der Waals surface area contributed by atoms with Crippen LogP contribution in [0.15, 0.2) is 30.3 Å². The first kappa shape index (κ1) is 18.6. The largest absolute Gasteiger partial charge is 0.480 e. The molecule has 0 aliphatic carbocycles. The summed E-state index contributed by atoms with van der Waals surface area (Å²) < 4.78 is 14.4. The molecule has 0 radical (unpaired) electrons. The molecule has 1 atom stereocenters. The number of rotatable bonds is 7. The van der Waals surface area contributed by atoms with Gasteiger partial charge in [0.25, 0.3) is 5.91 Å². The number of hydrogen-bond donors (Lipinski definition) is 2. The molecular weight excluding hydrogens is 325 g/mol. The van der Waals surface area contributed by atoms with Gasteiger partial charge in [0.15, 0.2) is 0 Å². The molecule has 2 N–H and O–H groups in total. The smallest absolute Gasteiger partial charge is 0.326 e. The minimum absolute atomic E-state index is 0.0675. The van der Waals surface area contributed by atoms with Crippen molar-refractivity contribution in [3.05, 3.63) is 53.1 Å². The Bertz CT molecular complexity index is 753. The number of halogens is 1. The Hall–Kier alpha value is -2.70. The summed E-state index contributed by atoms with van der Waals surface area (Å²) in [5, 5.41) is 16.2. The van der Waals surface area contributed by atoms with Gasteiger partial charge in [0.1, 0.15) is 17.6 Å². The topological polar surface area (TPSA) is 84.2 Å². The fourth-order valence-corrected chi connectivity index (χ4v) is 2.55. The Labute approximate surface area is 145 Å². The number of benzene rings is 1. The highest BCUT2D eigenvalue weighted by Crippen LogP contribution is 2.10. The minimum atomic E-state index is -1.15. The van der Waals surface area contributed by atoms with Gasteiger partial charge in [0.05, 0.1) is 5.69 Å². The van der Waals surface area contributed by atoms with Crippen LogP contribution in [0, 0.1) is 11.7 Å². The second kappa shape index (κ2) is 7.92. The van der Waals surface area contributed by atoms with Crippen LogP contribution in [0.25, 0.3) is 0 Å². The van der Waals surface area contributed by atoms with Gasteiger partial charge in [0.2, 0.25) is 0 Å². The van der Waals surface area contributed by atoms with Crippen molar-refractivity contribution >= 4 is 11.9 Å². The predicted octanol–water partition coefficient (Wildman–Crippen LogP) is 2.18. The second-order valence-electron chi connectivity index (χ2n) is 6.44. The van der Waals surface area contributed by atoms with Crippen molar-refractivity contribution in [2.24, 2.45) is 13.0 Å². The van der Waals surface area contributed by atoms with Crippen LogP contribution in [0.2, 0.25) is 0 Å². The zero-order valence-corrected chi connectivity index (χ0v) is 14.5. The van der Waals surface area contributed by atoms with Crippen molar-refractivity contribution in [3.63, 3.8) is 0 Å². The summed E-state index contributed by atoms with van der Waals surface area (Å²) in [6.45, 7) is 4.11. The van der Waals surface area contributed by atoms with Crippen LogP contribution in [0.5, 0.6) is 0 Å². The SMILES string of the molecule is CC(C)Cc1cc(C(=O)N[C@@H](Cc2ccc(F)cc2)C(=O)O)n(C)n1. The van der Waals surface area contributed by atoms with Gasteiger partial charge < -0.3 is 10.4 Å². The summed E-state index contributed by atoms with van der Waals surface area (Å²) in [4.78, 5) is 23.9. The Balaban J connectivity index is 2.11. The fraction of sp³-hybridized carbons (Fsp3) is 0.389. The molecule has 0 saturated heterocycles. The maximum atomic E-state index is 13.0. The lowest BCUT2D eigenvalue weighted by Crippen LogP contribution is -2.42. The Kier molecular flexibility index (Phi) is 5.90. The van der Waals surface area contributed by atoms with Gasteiger partial charge >= 0.3 is 5.97 Å². The van der Waals surface area contributed by atoms with Crippen molar-refractivity contribution in [2.45, 2.75) is 32.7 Å². The number of nitrogens with one attached hydrogen (secondary N) is 1. The van der Waals surface area contributed by atoms with E-state index in [1.54, 1.807) is 13.1 Å². The highest BCUT2D eigenvalue weighted by molar-refractivity contribution is 5.95. The van der Waals surface area contributed by atoms with E-state index in [1.165, 1.54) is 28.9 Å². The first-order valence-electron chi connectivity index (χ1n) is 8.07. The molecule has 0 fully saturated rings. The third-order valence-corrected chi connectivity index (χ3v) is 3.74. The number of amides is 1. The molecule has 0 aliphatic rings. The molecule has 1 amide bonds. The van der Waals surface area contributed by atoms with Crippen LogP contribution < -0.4 is 5.32 Å². The first-order chi connectivity index (χ1) is 11.8. The highest BCUT2D eigenvalue weighted by Gasteiger charge is 2.23. The van der Waals surface area contributed by atoms with Crippen molar-refractivity contribution in [1.29, 1.82) is 0 Å². The van der Waals surface area contributed by atoms with Gasteiger partial charge in [-0.25, -0.2) is 9.18 Å². The zero-order chi connectivity index (χ0) is 18.6. The molecular formula is C18H22FN3O3. The zero-order valence-electron chi connectivity index (χ0n) is 14.5. The molecule has 25 heavy (non-hydrogen) atoms. The standard InChI is InChI=1S/C18H22FN3O3/c1-11(2)8-14-10-16(22(3)21-14)17(23)20-15(18(24)25)9-12-4-6-13(19)7-5-12/h4-7,10-11,15H,8-9H2,1-3H3,(H,20,23)(H,24,25)/t15-/m0/s1. The molecule has 0 aliphatic heterocycles. The summed E-state index contributed by atoms with van der Waals surface area (Å²) in [7, 11) is 1.65. The first-order valence-corrected chi connectivity index (χ1v) is 8.07. The van der Waals surface area contributed by atoms with E-state index < -0.39 is 23.7 Å². The third-order valence-electron chi connectivity index (χ3n) is 3.74. The maximum Gasteiger partial charge on any atom is 0.326 e. The molecule has 7 heteroatoms. The van der Waals surface area contributed by atoms with E-state index in [4.69, 9.17) is 0 Å². The Morgan fingerprint density at radius 1 is 1.24 bits per heavy atom. The van der Waals surface area contributed by atoms with E-state index in [9.17, 15) is 19.1 Å². The van der Waals surface area contributed by atoms with Crippen LogP contribution >= 0.6 is 0 Å². The number of carboxylic acids is 1. The third kappa shape index (κ3) is 5.14. The number of carboxylic acid groups (broad SMARTS) is 1. The van der Waals surface area contributed by atoms with Gasteiger partial charge in [-0.3, -0.25) is 9.48 Å². The normalized spacial score (nSPS) is 12.2. The van der Waals surface area contributed by atoms with E-state index in [2.05, 4.69) is 24.3 Å². The lowest BCUT2D eigenvalue weighted by molar-refractivity contribution is -0.139. The summed E-state index contributed by atoms with van der Waals surface area (Å²) >= 11 is 0. The molecule has 0 spiro atoms. The van der Waals surface area contributed by atoms with Gasteiger partial charge in [-0.1, -0.05) is 26.0 Å². The average Bonchev–Trinajstić information content (AvgIpc) is 2.88. The highest BCUT2D eigenvalue weighted by atomic mass is 19.1. The van der Waals surface area contributed by atoms with E-state index in [-0.39, 0.29) is 6.42 Å². The second-order valence-corrected chi connectivity index (χ2v) is 6.44. The quantitative estimate of drug-likeness (QED) is 0.804. The van der Waals surface area contributed by atoms with E-state index in [1.807, 2.05) is 0 Å². The lowest BCUT2D eigenvalue weighted by Gasteiger charge is -2.14. The van der Waals surface area contributed by atoms with Gasteiger partial charge in [-0.2, -0.15) is 5.10 Å². The maximum absolute atomic E-state index is 13.0. The van der Waals surface area contributed by atoms with E-state index in [0.717, 1.165) is 12.1 Å². The fourth-order valence-electron chi connectivity index (χ4n) is 2.55. The molecule has 134 valence electrons. The predicted molar refractivity (Wildman–Crippen MR) is 90.7 cm³/mol. The number of aliphatic carboxylic acids is 1. The van der Waals surface area contributed by atoms with Crippen molar-refractivity contribution < 1.29 is 19.1 Å². The number of hydrogen-bond acceptors (Lipinski definition) is 3. The Morgan fingerprint density at radius 3 is 2.44 bits per heavy atom. The lowest BCUT2D eigenvalue weighted by atomic mass is 10.1. The summed E-state index contributed by atoms with van der Waals surface area (Å²) in [5.41, 5.74) is 1.72. The Morgan fingerprint density at radius 2 is 1.88 bits per heavy atom. The number of aromatic nitrogens is 2. The molecule has 1 aromatic carbocycles.